The van der Waals surface area contributed by atoms with Gasteiger partial charge in [-0.05, 0) is 31.0 Å². The van der Waals surface area contributed by atoms with Crippen LogP contribution in [0, 0.1) is 5.82 Å². The summed E-state index contributed by atoms with van der Waals surface area (Å²) in [7, 11) is 1.67. The number of benzene rings is 1. The first-order valence-corrected chi connectivity index (χ1v) is 7.32. The van der Waals surface area contributed by atoms with Gasteiger partial charge in [0, 0.05) is 32.3 Å². The van der Waals surface area contributed by atoms with Gasteiger partial charge < -0.3 is 10.5 Å². The van der Waals surface area contributed by atoms with E-state index in [1.165, 1.54) is 6.07 Å². The first kappa shape index (κ1) is 17.4. The van der Waals surface area contributed by atoms with Crippen molar-refractivity contribution in [2.45, 2.75) is 32.4 Å². The van der Waals surface area contributed by atoms with E-state index in [0.717, 1.165) is 18.5 Å². The Labute approximate surface area is 125 Å². The molecule has 0 aromatic heterocycles. The van der Waals surface area contributed by atoms with Crippen molar-refractivity contribution in [3.63, 3.8) is 0 Å². The third-order valence-electron chi connectivity index (χ3n) is 3.66. The molecule has 5 heteroatoms. The van der Waals surface area contributed by atoms with Gasteiger partial charge in [0.05, 0.1) is 11.6 Å². The molecule has 0 radical (unpaired) electrons. The molecule has 2 N–H and O–H groups in total. The van der Waals surface area contributed by atoms with E-state index in [1.807, 2.05) is 6.07 Å². The maximum Gasteiger partial charge on any atom is 0.142 e. The minimum atomic E-state index is -0.404. The Morgan fingerprint density at radius 2 is 2.15 bits per heavy atom. The van der Waals surface area contributed by atoms with Gasteiger partial charge in [-0.1, -0.05) is 24.6 Å². The molecule has 0 amide bonds. The predicted octanol–water partition coefficient (Wildman–Crippen LogP) is 3.23. The molecule has 20 heavy (non-hydrogen) atoms. The third kappa shape index (κ3) is 4.42. The molecule has 0 spiro atoms. The van der Waals surface area contributed by atoms with Gasteiger partial charge >= 0.3 is 0 Å². The second kappa shape index (κ2) is 8.57. The quantitative estimate of drug-likeness (QED) is 0.801. The minimum absolute atomic E-state index is 0.0353. The molecule has 2 unspecified atom stereocenters. The van der Waals surface area contributed by atoms with E-state index in [1.54, 1.807) is 13.2 Å². The highest BCUT2D eigenvalue weighted by atomic mass is 35.5. The summed E-state index contributed by atoms with van der Waals surface area (Å²) in [5.41, 5.74) is 6.77. The van der Waals surface area contributed by atoms with E-state index in [0.29, 0.717) is 19.2 Å². The van der Waals surface area contributed by atoms with Crippen LogP contribution in [0.2, 0.25) is 5.02 Å². The fourth-order valence-corrected chi connectivity index (χ4v) is 2.41. The summed E-state index contributed by atoms with van der Waals surface area (Å²) in [6, 6.07) is 5.21. The predicted molar refractivity (Wildman–Crippen MR) is 81.5 cm³/mol. The average molecular weight is 303 g/mol. The lowest BCUT2D eigenvalue weighted by atomic mass is 10.0. The standard InChI is InChI=1S/C15H24ClFN2O/c1-4-11(2)19(7-8-20-3)15(10-18)12-5-6-13(16)14(17)9-12/h5-6,9,11,15H,4,7-8,10,18H2,1-3H3. The fourth-order valence-electron chi connectivity index (χ4n) is 2.30. The SMILES string of the molecule is CCC(C)N(CCOC)C(CN)c1ccc(Cl)c(F)c1. The van der Waals surface area contributed by atoms with E-state index >= 15 is 0 Å². The molecule has 2 atom stereocenters. The molecule has 0 bridgehead atoms. The van der Waals surface area contributed by atoms with Crippen LogP contribution in [0.1, 0.15) is 31.9 Å². The van der Waals surface area contributed by atoms with Crippen LogP contribution >= 0.6 is 11.6 Å². The van der Waals surface area contributed by atoms with Crippen molar-refractivity contribution in [1.29, 1.82) is 0 Å². The molecule has 0 aliphatic rings. The number of halogens is 2. The Balaban J connectivity index is 3.01. The van der Waals surface area contributed by atoms with Crippen molar-refractivity contribution in [3.8, 4) is 0 Å². The Morgan fingerprint density at radius 1 is 1.45 bits per heavy atom. The maximum atomic E-state index is 13.7. The summed E-state index contributed by atoms with van der Waals surface area (Å²) in [5.74, 6) is -0.404. The average Bonchev–Trinajstić information content (AvgIpc) is 2.46. The Kier molecular flexibility index (Phi) is 7.45. The number of hydrogen-bond acceptors (Lipinski definition) is 3. The molecule has 0 heterocycles. The van der Waals surface area contributed by atoms with Gasteiger partial charge in [0.1, 0.15) is 5.82 Å². The largest absolute Gasteiger partial charge is 0.383 e. The number of ether oxygens (including phenoxy) is 1. The molecule has 3 nitrogen and oxygen atoms in total. The molecule has 0 saturated heterocycles. The van der Waals surface area contributed by atoms with Crippen LogP contribution < -0.4 is 5.73 Å². The first-order chi connectivity index (χ1) is 9.54. The second-order valence-corrected chi connectivity index (χ2v) is 5.32. The van der Waals surface area contributed by atoms with E-state index in [9.17, 15) is 4.39 Å². The summed E-state index contributed by atoms with van der Waals surface area (Å²) in [4.78, 5) is 2.26. The van der Waals surface area contributed by atoms with Crippen LogP contribution in [0.3, 0.4) is 0 Å². The van der Waals surface area contributed by atoms with Crippen LogP contribution in [0.25, 0.3) is 0 Å². The lowest BCUT2D eigenvalue weighted by Gasteiger charge is -2.35. The number of rotatable bonds is 8. The van der Waals surface area contributed by atoms with Crippen molar-refractivity contribution in [2.24, 2.45) is 5.73 Å². The van der Waals surface area contributed by atoms with Crippen molar-refractivity contribution in [3.05, 3.63) is 34.6 Å². The summed E-state index contributed by atoms with van der Waals surface area (Å²) in [5, 5.41) is 0.136. The van der Waals surface area contributed by atoms with Gasteiger partial charge in [-0.15, -0.1) is 0 Å². The summed E-state index contributed by atoms with van der Waals surface area (Å²) in [6.07, 6.45) is 0.996. The molecule has 1 rings (SSSR count). The van der Waals surface area contributed by atoms with Crippen molar-refractivity contribution < 1.29 is 9.13 Å². The molecule has 0 aliphatic heterocycles. The van der Waals surface area contributed by atoms with Crippen LogP contribution in [-0.4, -0.2) is 37.7 Å². The van der Waals surface area contributed by atoms with E-state index < -0.39 is 5.82 Å². The topological polar surface area (TPSA) is 38.5 Å². The normalized spacial score (nSPS) is 14.6. The highest BCUT2D eigenvalue weighted by Crippen LogP contribution is 2.26. The summed E-state index contributed by atoms with van der Waals surface area (Å²) >= 11 is 5.74. The first-order valence-electron chi connectivity index (χ1n) is 6.94. The molecule has 1 aromatic rings. The van der Waals surface area contributed by atoms with Crippen LogP contribution in [0.5, 0.6) is 0 Å². The molecule has 114 valence electrons. The minimum Gasteiger partial charge on any atom is -0.383 e. The summed E-state index contributed by atoms with van der Waals surface area (Å²) < 4.78 is 18.8. The number of methoxy groups -OCH3 is 1. The molecular formula is C15H24ClFN2O. The van der Waals surface area contributed by atoms with Crippen LogP contribution in [-0.2, 0) is 4.74 Å². The lowest BCUT2D eigenvalue weighted by molar-refractivity contribution is 0.0901. The third-order valence-corrected chi connectivity index (χ3v) is 3.97. The Bertz CT molecular complexity index is 417. The zero-order valence-corrected chi connectivity index (χ0v) is 13.2. The Hall–Kier alpha value is -0.680. The smallest absolute Gasteiger partial charge is 0.142 e. The Morgan fingerprint density at radius 3 is 2.65 bits per heavy atom. The van der Waals surface area contributed by atoms with Gasteiger partial charge in [0.25, 0.3) is 0 Å². The van der Waals surface area contributed by atoms with Crippen molar-refractivity contribution in [1.82, 2.24) is 4.90 Å². The number of nitrogens with two attached hydrogens (primary N) is 1. The van der Waals surface area contributed by atoms with E-state index in [-0.39, 0.29) is 11.1 Å². The van der Waals surface area contributed by atoms with Crippen molar-refractivity contribution in [2.75, 3.05) is 26.8 Å². The van der Waals surface area contributed by atoms with E-state index in [4.69, 9.17) is 22.1 Å². The van der Waals surface area contributed by atoms with Gasteiger partial charge in [-0.25, -0.2) is 4.39 Å². The molecular weight excluding hydrogens is 279 g/mol. The highest BCUT2D eigenvalue weighted by Gasteiger charge is 2.23. The van der Waals surface area contributed by atoms with Crippen molar-refractivity contribution >= 4 is 11.6 Å². The van der Waals surface area contributed by atoms with Gasteiger partial charge in [0.15, 0.2) is 0 Å². The zero-order chi connectivity index (χ0) is 15.1. The molecule has 0 fully saturated rings. The van der Waals surface area contributed by atoms with Crippen LogP contribution in [0.15, 0.2) is 18.2 Å². The van der Waals surface area contributed by atoms with Crippen LogP contribution in [0.4, 0.5) is 4.39 Å². The maximum absolute atomic E-state index is 13.7. The monoisotopic (exact) mass is 302 g/mol. The number of hydrogen-bond donors (Lipinski definition) is 1. The van der Waals surface area contributed by atoms with Gasteiger partial charge in [-0.2, -0.15) is 0 Å². The van der Waals surface area contributed by atoms with Gasteiger partial charge in [0.2, 0.25) is 0 Å². The highest BCUT2D eigenvalue weighted by molar-refractivity contribution is 6.30. The number of nitrogens with zero attached hydrogens (tertiary/aromatic N) is 1. The molecule has 0 aliphatic carbocycles. The molecule has 1 aromatic carbocycles. The second-order valence-electron chi connectivity index (χ2n) is 4.91. The molecule has 0 saturated carbocycles. The lowest BCUT2D eigenvalue weighted by Crippen LogP contribution is -2.41. The summed E-state index contributed by atoms with van der Waals surface area (Å²) in [6.45, 7) is 6.08. The fraction of sp³-hybridized carbons (Fsp3) is 0.600. The van der Waals surface area contributed by atoms with Gasteiger partial charge in [-0.3, -0.25) is 4.90 Å². The zero-order valence-electron chi connectivity index (χ0n) is 12.4. The van der Waals surface area contributed by atoms with E-state index in [2.05, 4.69) is 18.7 Å².